The van der Waals surface area contributed by atoms with Crippen LogP contribution >= 0.6 is 22.9 Å². The molecular formula is C15H15ClN4S. The number of aryl methyl sites for hydroxylation is 1. The van der Waals surface area contributed by atoms with E-state index in [1.807, 2.05) is 47.6 Å². The molecule has 3 rings (SSSR count). The average molecular weight is 319 g/mol. The van der Waals surface area contributed by atoms with Gasteiger partial charge in [0.15, 0.2) is 0 Å². The molecule has 21 heavy (non-hydrogen) atoms. The quantitative estimate of drug-likeness (QED) is 0.772. The summed E-state index contributed by atoms with van der Waals surface area (Å²) in [4.78, 5) is 5.53. The molecular weight excluding hydrogens is 304 g/mol. The van der Waals surface area contributed by atoms with Crippen LogP contribution in [0.4, 0.5) is 5.69 Å². The number of nitrogens with zero attached hydrogens (tertiary/aromatic N) is 3. The fourth-order valence-corrected chi connectivity index (χ4v) is 3.24. The van der Waals surface area contributed by atoms with Gasteiger partial charge in [-0.1, -0.05) is 11.6 Å². The summed E-state index contributed by atoms with van der Waals surface area (Å²) >= 11 is 7.79. The van der Waals surface area contributed by atoms with Gasteiger partial charge in [-0.05, 0) is 38.1 Å². The van der Waals surface area contributed by atoms with Gasteiger partial charge in [0.05, 0.1) is 28.6 Å². The molecule has 0 saturated heterocycles. The van der Waals surface area contributed by atoms with E-state index in [1.54, 1.807) is 17.5 Å². The second kappa shape index (κ2) is 5.87. The van der Waals surface area contributed by atoms with E-state index in [0.29, 0.717) is 5.02 Å². The fourth-order valence-electron chi connectivity index (χ4n) is 2.26. The van der Waals surface area contributed by atoms with Crippen LogP contribution in [0.3, 0.4) is 0 Å². The van der Waals surface area contributed by atoms with Crippen molar-refractivity contribution in [2.24, 2.45) is 0 Å². The highest BCUT2D eigenvalue weighted by Crippen LogP contribution is 2.30. The minimum absolute atomic E-state index is 0.158. The Morgan fingerprint density at radius 2 is 2.24 bits per heavy atom. The topological polar surface area (TPSA) is 42.7 Å². The molecule has 4 nitrogen and oxygen atoms in total. The summed E-state index contributed by atoms with van der Waals surface area (Å²) in [6.45, 7) is 4.14. The number of halogens is 1. The Balaban J connectivity index is 1.95. The van der Waals surface area contributed by atoms with E-state index in [4.69, 9.17) is 11.6 Å². The lowest BCUT2D eigenvalue weighted by Gasteiger charge is -2.18. The molecule has 2 heterocycles. The summed E-state index contributed by atoms with van der Waals surface area (Å²) in [6, 6.07) is 7.81. The Morgan fingerprint density at radius 1 is 1.38 bits per heavy atom. The zero-order valence-corrected chi connectivity index (χ0v) is 13.3. The van der Waals surface area contributed by atoms with Gasteiger partial charge in [0.1, 0.15) is 0 Å². The molecule has 1 atom stereocenters. The summed E-state index contributed by atoms with van der Waals surface area (Å²) in [7, 11) is 0. The summed E-state index contributed by atoms with van der Waals surface area (Å²) in [6.07, 6.45) is 3.67. The van der Waals surface area contributed by atoms with Crippen LogP contribution in [0.15, 0.2) is 42.2 Å². The van der Waals surface area contributed by atoms with Crippen molar-refractivity contribution in [2.75, 3.05) is 5.32 Å². The van der Waals surface area contributed by atoms with E-state index in [0.717, 1.165) is 17.1 Å². The maximum absolute atomic E-state index is 6.14. The molecule has 6 heteroatoms. The number of anilines is 1. The van der Waals surface area contributed by atoms with Gasteiger partial charge in [-0.3, -0.25) is 0 Å². The number of rotatable bonds is 4. The molecule has 1 N–H and O–H groups in total. The maximum atomic E-state index is 6.14. The SMILES string of the molecule is Cc1ncsc1C(C)Nc1cc(Cl)ccc1-n1cccn1. The second-order valence-electron chi connectivity index (χ2n) is 4.78. The van der Waals surface area contributed by atoms with Gasteiger partial charge in [-0.2, -0.15) is 5.10 Å². The molecule has 1 aromatic carbocycles. The van der Waals surface area contributed by atoms with E-state index in [1.165, 1.54) is 4.88 Å². The van der Waals surface area contributed by atoms with E-state index >= 15 is 0 Å². The Bertz CT molecular complexity index is 736. The third kappa shape index (κ3) is 2.94. The Morgan fingerprint density at radius 3 is 2.90 bits per heavy atom. The fraction of sp³-hybridized carbons (Fsp3) is 0.200. The summed E-state index contributed by atoms with van der Waals surface area (Å²) in [5.41, 5.74) is 4.85. The normalized spacial score (nSPS) is 12.3. The molecule has 1 unspecified atom stereocenters. The number of thiazole rings is 1. The first-order valence-corrected chi connectivity index (χ1v) is 7.87. The van der Waals surface area contributed by atoms with Gasteiger partial charge in [0.2, 0.25) is 0 Å². The third-order valence-corrected chi connectivity index (χ3v) is 4.61. The Hall–Kier alpha value is -1.85. The van der Waals surface area contributed by atoms with Crippen LogP contribution in [0.2, 0.25) is 5.02 Å². The van der Waals surface area contributed by atoms with Crippen molar-refractivity contribution in [3.63, 3.8) is 0 Å². The predicted molar refractivity (Wildman–Crippen MR) is 87.5 cm³/mol. The van der Waals surface area contributed by atoms with E-state index in [9.17, 15) is 0 Å². The van der Waals surface area contributed by atoms with Crippen LogP contribution in [0.1, 0.15) is 23.5 Å². The number of hydrogen-bond acceptors (Lipinski definition) is 4. The minimum atomic E-state index is 0.158. The lowest BCUT2D eigenvalue weighted by Crippen LogP contribution is -2.09. The van der Waals surface area contributed by atoms with Crippen LogP contribution in [0, 0.1) is 6.92 Å². The lowest BCUT2D eigenvalue weighted by atomic mass is 10.2. The second-order valence-corrected chi connectivity index (χ2v) is 6.10. The van der Waals surface area contributed by atoms with Crippen molar-refractivity contribution in [3.05, 3.63) is 57.8 Å². The van der Waals surface area contributed by atoms with E-state index < -0.39 is 0 Å². The number of hydrogen-bond donors (Lipinski definition) is 1. The van der Waals surface area contributed by atoms with Gasteiger partial charge < -0.3 is 5.32 Å². The van der Waals surface area contributed by atoms with E-state index in [-0.39, 0.29) is 6.04 Å². The van der Waals surface area contributed by atoms with Gasteiger partial charge in [0.25, 0.3) is 0 Å². The van der Waals surface area contributed by atoms with Gasteiger partial charge >= 0.3 is 0 Å². The molecule has 0 saturated carbocycles. The highest BCUT2D eigenvalue weighted by Gasteiger charge is 2.14. The summed E-state index contributed by atoms with van der Waals surface area (Å²) in [5.74, 6) is 0. The maximum Gasteiger partial charge on any atom is 0.0878 e. The molecule has 0 aliphatic rings. The molecule has 3 aromatic rings. The predicted octanol–water partition coefficient (Wildman–Crippen LogP) is 4.46. The van der Waals surface area contributed by atoms with Crippen LogP contribution in [0.25, 0.3) is 5.69 Å². The van der Waals surface area contributed by atoms with Crippen LogP contribution < -0.4 is 5.32 Å². The molecule has 0 spiro atoms. The standard InChI is InChI=1S/C15H15ClN4S/c1-10-15(21-9-17-10)11(2)19-13-8-12(16)4-5-14(13)20-7-3-6-18-20/h3-9,11,19H,1-2H3. The van der Waals surface area contributed by atoms with Crippen molar-refractivity contribution in [1.82, 2.24) is 14.8 Å². The zero-order chi connectivity index (χ0) is 14.8. The molecule has 108 valence electrons. The Kier molecular flexibility index (Phi) is 3.94. The van der Waals surface area contributed by atoms with Crippen molar-refractivity contribution in [1.29, 1.82) is 0 Å². The molecule has 2 aromatic heterocycles. The number of aromatic nitrogens is 3. The first-order valence-electron chi connectivity index (χ1n) is 6.61. The van der Waals surface area contributed by atoms with Crippen LogP contribution in [0.5, 0.6) is 0 Å². The molecule has 0 aliphatic carbocycles. The zero-order valence-electron chi connectivity index (χ0n) is 11.7. The third-order valence-electron chi connectivity index (χ3n) is 3.26. The largest absolute Gasteiger partial charge is 0.376 e. The summed E-state index contributed by atoms with van der Waals surface area (Å²) in [5, 5.41) is 8.49. The smallest absolute Gasteiger partial charge is 0.0878 e. The van der Waals surface area contributed by atoms with Crippen molar-refractivity contribution in [2.45, 2.75) is 19.9 Å². The van der Waals surface area contributed by atoms with Crippen molar-refractivity contribution in [3.8, 4) is 5.69 Å². The average Bonchev–Trinajstić information content (AvgIpc) is 3.10. The first-order chi connectivity index (χ1) is 10.1. The van der Waals surface area contributed by atoms with Gasteiger partial charge in [0, 0.05) is 22.3 Å². The molecule has 0 bridgehead atoms. The van der Waals surface area contributed by atoms with Crippen LogP contribution in [-0.2, 0) is 0 Å². The van der Waals surface area contributed by atoms with Gasteiger partial charge in [-0.15, -0.1) is 11.3 Å². The highest BCUT2D eigenvalue weighted by molar-refractivity contribution is 7.09. The molecule has 0 aliphatic heterocycles. The van der Waals surface area contributed by atoms with Crippen LogP contribution in [-0.4, -0.2) is 14.8 Å². The lowest BCUT2D eigenvalue weighted by molar-refractivity contribution is 0.856. The molecule has 0 fully saturated rings. The monoisotopic (exact) mass is 318 g/mol. The molecule has 0 radical (unpaired) electrons. The number of benzene rings is 1. The van der Waals surface area contributed by atoms with Crippen molar-refractivity contribution < 1.29 is 0 Å². The minimum Gasteiger partial charge on any atom is -0.376 e. The summed E-state index contributed by atoms with van der Waals surface area (Å²) < 4.78 is 1.82. The highest BCUT2D eigenvalue weighted by atomic mass is 35.5. The van der Waals surface area contributed by atoms with Gasteiger partial charge in [-0.25, -0.2) is 9.67 Å². The first kappa shape index (κ1) is 14.1. The number of nitrogens with one attached hydrogen (secondary N) is 1. The molecule has 0 amide bonds. The van der Waals surface area contributed by atoms with E-state index in [2.05, 4.69) is 22.3 Å². The Labute approximate surface area is 132 Å². The van der Waals surface area contributed by atoms with Crippen molar-refractivity contribution >= 4 is 28.6 Å².